The molecule has 8 heteroatoms. The van der Waals surface area contributed by atoms with Crippen LogP contribution in [-0.4, -0.2) is 31.9 Å². The first kappa shape index (κ1) is 14.0. The van der Waals surface area contributed by atoms with Gasteiger partial charge in [0.25, 0.3) is 0 Å². The van der Waals surface area contributed by atoms with Crippen LogP contribution in [0.3, 0.4) is 0 Å². The van der Waals surface area contributed by atoms with Gasteiger partial charge in [0.05, 0.1) is 6.54 Å². The number of nitrogens with zero attached hydrogens (tertiary/aromatic N) is 3. The summed E-state index contributed by atoms with van der Waals surface area (Å²) in [7, 11) is 0. The first-order valence-electron chi connectivity index (χ1n) is 5.25. The third-order valence-electron chi connectivity index (χ3n) is 2.43. The highest BCUT2D eigenvalue weighted by atomic mass is 79.9. The first-order chi connectivity index (χ1) is 8.88. The van der Waals surface area contributed by atoms with Crippen molar-refractivity contribution in [2.24, 2.45) is 0 Å². The SMILES string of the molecule is O[C@H](Cn1ccnc1-c1cncc(Br)c1)C(F)(F)F. The quantitative estimate of drug-likeness (QED) is 0.938. The Kier molecular flexibility index (Phi) is 3.91. The number of halogens is 4. The fourth-order valence-corrected chi connectivity index (χ4v) is 1.91. The van der Waals surface area contributed by atoms with Crippen LogP contribution in [0.5, 0.6) is 0 Å². The molecule has 102 valence electrons. The predicted molar refractivity (Wildman–Crippen MR) is 65.2 cm³/mol. The number of aliphatic hydroxyl groups is 1. The zero-order chi connectivity index (χ0) is 14.0. The van der Waals surface area contributed by atoms with Crippen LogP contribution in [0.15, 0.2) is 35.3 Å². The Hall–Kier alpha value is -1.41. The van der Waals surface area contributed by atoms with Crippen molar-refractivity contribution < 1.29 is 18.3 Å². The lowest BCUT2D eigenvalue weighted by Gasteiger charge is -2.16. The zero-order valence-electron chi connectivity index (χ0n) is 9.47. The second-order valence-electron chi connectivity index (χ2n) is 3.85. The summed E-state index contributed by atoms with van der Waals surface area (Å²) in [6, 6.07) is 1.69. The molecule has 0 saturated heterocycles. The van der Waals surface area contributed by atoms with Crippen molar-refractivity contribution in [2.45, 2.75) is 18.8 Å². The lowest BCUT2D eigenvalue weighted by atomic mass is 10.2. The number of hydrogen-bond acceptors (Lipinski definition) is 3. The van der Waals surface area contributed by atoms with Crippen molar-refractivity contribution >= 4 is 15.9 Å². The van der Waals surface area contributed by atoms with Crippen molar-refractivity contribution in [3.8, 4) is 11.4 Å². The minimum Gasteiger partial charge on any atom is -0.382 e. The summed E-state index contributed by atoms with van der Waals surface area (Å²) in [4.78, 5) is 7.91. The number of hydrogen-bond donors (Lipinski definition) is 1. The molecule has 19 heavy (non-hydrogen) atoms. The molecule has 0 bridgehead atoms. The summed E-state index contributed by atoms with van der Waals surface area (Å²) in [6.45, 7) is -0.606. The molecular formula is C11H9BrF3N3O. The molecule has 0 saturated carbocycles. The second-order valence-corrected chi connectivity index (χ2v) is 4.77. The molecule has 0 unspecified atom stereocenters. The summed E-state index contributed by atoms with van der Waals surface area (Å²) < 4.78 is 38.9. The van der Waals surface area contributed by atoms with Gasteiger partial charge in [-0.2, -0.15) is 13.2 Å². The minimum atomic E-state index is -4.66. The van der Waals surface area contributed by atoms with Crippen LogP contribution in [-0.2, 0) is 6.54 Å². The Morgan fingerprint density at radius 2 is 2.11 bits per heavy atom. The fourth-order valence-electron chi connectivity index (χ4n) is 1.54. The van der Waals surface area contributed by atoms with E-state index >= 15 is 0 Å². The van der Waals surface area contributed by atoms with Gasteiger partial charge >= 0.3 is 6.18 Å². The summed E-state index contributed by atoms with van der Waals surface area (Å²) in [6.07, 6.45) is -1.28. The Bertz CT molecular complexity index is 570. The normalized spacial score (nSPS) is 13.5. The maximum Gasteiger partial charge on any atom is 0.416 e. The minimum absolute atomic E-state index is 0.317. The monoisotopic (exact) mass is 335 g/mol. The van der Waals surface area contributed by atoms with Gasteiger partial charge in [-0.05, 0) is 22.0 Å². The molecule has 0 aliphatic rings. The van der Waals surface area contributed by atoms with Gasteiger partial charge in [-0.1, -0.05) is 0 Å². The number of alkyl halides is 3. The third-order valence-corrected chi connectivity index (χ3v) is 2.86. The lowest BCUT2D eigenvalue weighted by Crippen LogP contribution is -2.32. The van der Waals surface area contributed by atoms with E-state index in [0.717, 1.165) is 0 Å². The first-order valence-corrected chi connectivity index (χ1v) is 6.04. The third kappa shape index (κ3) is 3.32. The van der Waals surface area contributed by atoms with E-state index < -0.39 is 18.8 Å². The number of imidazole rings is 1. The highest BCUT2D eigenvalue weighted by Crippen LogP contribution is 2.24. The van der Waals surface area contributed by atoms with Crippen LogP contribution in [0, 0.1) is 0 Å². The van der Waals surface area contributed by atoms with E-state index in [1.807, 2.05) is 0 Å². The molecule has 0 aliphatic heterocycles. The zero-order valence-corrected chi connectivity index (χ0v) is 11.1. The van der Waals surface area contributed by atoms with Crippen LogP contribution in [0.25, 0.3) is 11.4 Å². The summed E-state index contributed by atoms with van der Waals surface area (Å²) in [5.74, 6) is 0.317. The molecule has 0 aliphatic carbocycles. The molecule has 4 nitrogen and oxygen atoms in total. The highest BCUT2D eigenvalue weighted by molar-refractivity contribution is 9.10. The molecule has 0 spiro atoms. The van der Waals surface area contributed by atoms with Gasteiger partial charge in [0, 0.05) is 34.8 Å². The molecule has 0 fully saturated rings. The molecule has 2 heterocycles. The number of aliphatic hydroxyl groups excluding tert-OH is 1. The van der Waals surface area contributed by atoms with E-state index in [1.165, 1.54) is 23.2 Å². The molecule has 2 aromatic rings. The van der Waals surface area contributed by atoms with Crippen molar-refractivity contribution in [3.63, 3.8) is 0 Å². The van der Waals surface area contributed by atoms with Crippen LogP contribution in [0.4, 0.5) is 13.2 Å². The van der Waals surface area contributed by atoms with Gasteiger partial charge in [0.2, 0.25) is 0 Å². The van der Waals surface area contributed by atoms with Gasteiger partial charge < -0.3 is 9.67 Å². The standard InChI is InChI=1S/C11H9BrF3N3O/c12-8-3-7(4-16-5-8)10-17-1-2-18(10)6-9(19)11(13,14)15/h1-5,9,19H,6H2/t9-/m1/s1. The molecule has 1 atom stereocenters. The molecule has 0 radical (unpaired) electrons. The largest absolute Gasteiger partial charge is 0.416 e. The molecule has 2 aromatic heterocycles. The topological polar surface area (TPSA) is 50.9 Å². The second kappa shape index (κ2) is 5.30. The molecular weight excluding hydrogens is 327 g/mol. The average Bonchev–Trinajstić information content (AvgIpc) is 2.76. The summed E-state index contributed by atoms with van der Waals surface area (Å²) in [5, 5.41) is 9.08. The Morgan fingerprint density at radius 3 is 2.74 bits per heavy atom. The fraction of sp³-hybridized carbons (Fsp3) is 0.273. The predicted octanol–water partition coefficient (Wildman–Crippen LogP) is 2.63. The van der Waals surface area contributed by atoms with Gasteiger partial charge in [0.15, 0.2) is 6.10 Å². The smallest absolute Gasteiger partial charge is 0.382 e. The van der Waals surface area contributed by atoms with Crippen LogP contribution < -0.4 is 0 Å². The summed E-state index contributed by atoms with van der Waals surface area (Å²) in [5.41, 5.74) is 0.564. The molecule has 2 rings (SSSR count). The molecule has 1 N–H and O–H groups in total. The van der Waals surface area contributed by atoms with E-state index in [0.29, 0.717) is 15.9 Å². The maximum absolute atomic E-state index is 12.3. The van der Waals surface area contributed by atoms with Gasteiger partial charge in [-0.25, -0.2) is 4.98 Å². The number of rotatable bonds is 3. The average molecular weight is 336 g/mol. The van der Waals surface area contributed by atoms with Crippen molar-refractivity contribution in [1.29, 1.82) is 0 Å². The summed E-state index contributed by atoms with van der Waals surface area (Å²) >= 11 is 3.23. The van der Waals surface area contributed by atoms with E-state index in [1.54, 1.807) is 12.3 Å². The maximum atomic E-state index is 12.3. The van der Waals surface area contributed by atoms with Crippen molar-refractivity contribution in [1.82, 2.24) is 14.5 Å². The number of aromatic nitrogens is 3. The Morgan fingerprint density at radius 1 is 1.37 bits per heavy atom. The van der Waals surface area contributed by atoms with Crippen LogP contribution >= 0.6 is 15.9 Å². The van der Waals surface area contributed by atoms with Crippen LogP contribution in [0.2, 0.25) is 0 Å². The number of pyridine rings is 1. The lowest BCUT2D eigenvalue weighted by molar-refractivity contribution is -0.207. The van der Waals surface area contributed by atoms with E-state index in [4.69, 9.17) is 5.11 Å². The Balaban J connectivity index is 2.28. The highest BCUT2D eigenvalue weighted by Gasteiger charge is 2.38. The van der Waals surface area contributed by atoms with E-state index in [2.05, 4.69) is 25.9 Å². The Labute approximate surface area is 115 Å². The van der Waals surface area contributed by atoms with Gasteiger partial charge in [-0.3, -0.25) is 4.98 Å². The van der Waals surface area contributed by atoms with Crippen LogP contribution in [0.1, 0.15) is 0 Å². The van der Waals surface area contributed by atoms with E-state index in [9.17, 15) is 13.2 Å². The molecule has 0 amide bonds. The van der Waals surface area contributed by atoms with Crippen molar-refractivity contribution in [2.75, 3.05) is 0 Å². The van der Waals surface area contributed by atoms with Gasteiger partial charge in [0.1, 0.15) is 5.82 Å². The van der Waals surface area contributed by atoms with Crippen molar-refractivity contribution in [3.05, 3.63) is 35.3 Å². The molecule has 0 aromatic carbocycles. The van der Waals surface area contributed by atoms with Gasteiger partial charge in [-0.15, -0.1) is 0 Å². The van der Waals surface area contributed by atoms with E-state index in [-0.39, 0.29) is 0 Å².